The Morgan fingerprint density at radius 3 is 2.80 bits per heavy atom. The van der Waals surface area contributed by atoms with Crippen LogP contribution in [-0.4, -0.2) is 37.7 Å². The van der Waals surface area contributed by atoms with Gasteiger partial charge in [-0.25, -0.2) is 0 Å². The van der Waals surface area contributed by atoms with Crippen molar-refractivity contribution in [2.45, 2.75) is 32.3 Å². The van der Waals surface area contributed by atoms with Gasteiger partial charge in [0.2, 0.25) is 0 Å². The number of hydrogen-bond donors (Lipinski definition) is 1. The molecule has 4 nitrogen and oxygen atoms in total. The summed E-state index contributed by atoms with van der Waals surface area (Å²) in [6.45, 7) is 5.37. The van der Waals surface area contributed by atoms with Crippen molar-refractivity contribution >= 4 is 29.0 Å². The molecule has 0 aromatic carbocycles. The molecule has 6 heteroatoms. The van der Waals surface area contributed by atoms with Gasteiger partial charge < -0.3 is 14.8 Å². The highest BCUT2D eigenvalue weighted by Crippen LogP contribution is 2.31. The van der Waals surface area contributed by atoms with E-state index < -0.39 is 0 Å². The monoisotopic (exact) mass is 315 g/mol. The Morgan fingerprint density at radius 1 is 1.40 bits per heavy atom. The predicted octanol–water partition coefficient (Wildman–Crippen LogP) is 2.67. The van der Waals surface area contributed by atoms with Gasteiger partial charge in [0.1, 0.15) is 0 Å². The van der Waals surface area contributed by atoms with E-state index in [2.05, 4.69) is 5.32 Å². The maximum Gasteiger partial charge on any atom is 0.261 e. The van der Waals surface area contributed by atoms with Crippen LogP contribution < -0.4 is 5.32 Å². The van der Waals surface area contributed by atoms with Crippen LogP contribution in [0.5, 0.6) is 0 Å². The summed E-state index contributed by atoms with van der Waals surface area (Å²) in [5.74, 6) is 2.16. The normalized spacial score (nSPS) is 14.3. The number of rotatable bonds is 7. The largest absolute Gasteiger partial charge is 0.351 e. The summed E-state index contributed by atoms with van der Waals surface area (Å²) in [6, 6.07) is 2.03. The molecule has 0 spiro atoms. The van der Waals surface area contributed by atoms with E-state index in [1.165, 1.54) is 10.4 Å². The molecule has 20 heavy (non-hydrogen) atoms. The van der Waals surface area contributed by atoms with Gasteiger partial charge in [-0.1, -0.05) is 0 Å². The van der Waals surface area contributed by atoms with Crippen LogP contribution in [0.2, 0.25) is 0 Å². The summed E-state index contributed by atoms with van der Waals surface area (Å²) in [5, 5.41) is 2.89. The van der Waals surface area contributed by atoms with Crippen molar-refractivity contribution in [3.8, 4) is 0 Å². The Morgan fingerprint density at radius 2 is 2.15 bits per heavy atom. The standard InChI is InChI=1S/C14H21NO3S2/c1-3-17-13(18-4-2)8-15-14(16)12-7-10-9-19-6-5-11(10)20-12/h7,13H,3-6,8-9H2,1-2H3,(H,15,16). The summed E-state index contributed by atoms with van der Waals surface area (Å²) in [4.78, 5) is 14.3. The second kappa shape index (κ2) is 8.02. The molecule has 1 aliphatic rings. The average molecular weight is 315 g/mol. The van der Waals surface area contributed by atoms with E-state index in [9.17, 15) is 4.79 Å². The van der Waals surface area contributed by atoms with E-state index in [1.54, 1.807) is 11.3 Å². The highest BCUT2D eigenvalue weighted by Gasteiger charge is 2.18. The number of fused-ring (bicyclic) bond motifs is 1. The Balaban J connectivity index is 1.89. The summed E-state index contributed by atoms with van der Waals surface area (Å²) < 4.78 is 10.8. The van der Waals surface area contributed by atoms with E-state index in [0.717, 1.165) is 22.8 Å². The number of thioether (sulfide) groups is 1. The molecular formula is C14H21NO3S2. The quantitative estimate of drug-likeness (QED) is 0.786. The van der Waals surface area contributed by atoms with Gasteiger partial charge >= 0.3 is 0 Å². The second-order valence-electron chi connectivity index (χ2n) is 4.41. The lowest BCUT2D eigenvalue weighted by atomic mass is 10.2. The Kier molecular flexibility index (Phi) is 6.35. The highest BCUT2D eigenvalue weighted by atomic mass is 32.2. The number of hydrogen-bond acceptors (Lipinski definition) is 5. The van der Waals surface area contributed by atoms with Crippen molar-refractivity contribution < 1.29 is 14.3 Å². The second-order valence-corrected chi connectivity index (χ2v) is 6.65. The van der Waals surface area contributed by atoms with Gasteiger partial charge in [0.25, 0.3) is 5.91 Å². The topological polar surface area (TPSA) is 47.6 Å². The first-order valence-corrected chi connectivity index (χ1v) is 8.92. The zero-order chi connectivity index (χ0) is 14.4. The smallest absolute Gasteiger partial charge is 0.261 e. The van der Waals surface area contributed by atoms with Crippen molar-refractivity contribution in [1.82, 2.24) is 5.32 Å². The highest BCUT2D eigenvalue weighted by molar-refractivity contribution is 7.98. The third kappa shape index (κ3) is 4.22. The van der Waals surface area contributed by atoms with Crippen molar-refractivity contribution in [1.29, 1.82) is 0 Å². The molecule has 0 bridgehead atoms. The first-order valence-electron chi connectivity index (χ1n) is 6.95. The number of thiophene rings is 1. The van der Waals surface area contributed by atoms with Crippen molar-refractivity contribution in [3.63, 3.8) is 0 Å². The molecule has 0 saturated heterocycles. The molecule has 0 unspecified atom stereocenters. The average Bonchev–Trinajstić information content (AvgIpc) is 2.89. The van der Waals surface area contributed by atoms with Crippen LogP contribution in [0.4, 0.5) is 0 Å². The number of nitrogens with one attached hydrogen (secondary N) is 1. The SMILES string of the molecule is CCOC(CNC(=O)c1cc2c(s1)CCSC2)OCC. The Bertz CT molecular complexity index is 418. The fraction of sp³-hybridized carbons (Fsp3) is 0.643. The molecule has 0 radical (unpaired) electrons. The molecule has 1 aromatic rings. The Labute approximate surface area is 128 Å². The third-order valence-corrected chi connectivity index (χ3v) is 5.23. The number of ether oxygens (including phenoxy) is 2. The van der Waals surface area contributed by atoms with E-state index in [-0.39, 0.29) is 12.2 Å². The molecule has 1 amide bonds. The lowest BCUT2D eigenvalue weighted by Gasteiger charge is -2.17. The minimum Gasteiger partial charge on any atom is -0.351 e. The molecule has 1 N–H and O–H groups in total. The molecular weight excluding hydrogens is 294 g/mol. The van der Waals surface area contributed by atoms with Crippen molar-refractivity contribution in [2.24, 2.45) is 0 Å². The van der Waals surface area contributed by atoms with E-state index in [1.807, 2.05) is 31.7 Å². The van der Waals surface area contributed by atoms with Gasteiger partial charge in [0, 0.05) is 23.8 Å². The van der Waals surface area contributed by atoms with Crippen molar-refractivity contribution in [2.75, 3.05) is 25.5 Å². The molecule has 0 saturated carbocycles. The fourth-order valence-electron chi connectivity index (χ4n) is 2.06. The molecule has 1 aromatic heterocycles. The number of amides is 1. The summed E-state index contributed by atoms with van der Waals surface area (Å²) in [5.41, 5.74) is 1.32. The van der Waals surface area contributed by atoms with E-state index >= 15 is 0 Å². The van der Waals surface area contributed by atoms with Crippen LogP contribution in [0.15, 0.2) is 6.07 Å². The van der Waals surface area contributed by atoms with Crippen LogP contribution in [0.25, 0.3) is 0 Å². The molecule has 0 fully saturated rings. The molecule has 2 rings (SSSR count). The van der Waals surface area contributed by atoms with E-state index in [0.29, 0.717) is 19.8 Å². The van der Waals surface area contributed by atoms with Crippen LogP contribution in [0.1, 0.15) is 34.0 Å². The third-order valence-electron chi connectivity index (χ3n) is 2.99. The predicted molar refractivity (Wildman–Crippen MR) is 83.6 cm³/mol. The summed E-state index contributed by atoms with van der Waals surface area (Å²) >= 11 is 3.54. The minimum atomic E-state index is -0.362. The molecule has 0 atom stereocenters. The van der Waals surface area contributed by atoms with E-state index in [4.69, 9.17) is 9.47 Å². The van der Waals surface area contributed by atoms with Gasteiger partial charge in [-0.15, -0.1) is 11.3 Å². The van der Waals surface area contributed by atoms with Crippen LogP contribution in [0, 0.1) is 0 Å². The van der Waals surface area contributed by atoms with Crippen LogP contribution in [-0.2, 0) is 21.6 Å². The molecule has 2 heterocycles. The van der Waals surface area contributed by atoms with Crippen LogP contribution in [0.3, 0.4) is 0 Å². The number of carbonyl (C=O) groups excluding carboxylic acids is 1. The summed E-state index contributed by atoms with van der Waals surface area (Å²) in [7, 11) is 0. The van der Waals surface area contributed by atoms with Gasteiger partial charge in [0.05, 0.1) is 11.4 Å². The van der Waals surface area contributed by atoms with Crippen LogP contribution >= 0.6 is 23.1 Å². The van der Waals surface area contributed by atoms with Gasteiger partial charge in [-0.3, -0.25) is 4.79 Å². The zero-order valence-electron chi connectivity index (χ0n) is 11.9. The molecule has 112 valence electrons. The number of carbonyl (C=O) groups is 1. The van der Waals surface area contributed by atoms with Gasteiger partial charge in [-0.2, -0.15) is 11.8 Å². The fourth-order valence-corrected chi connectivity index (χ4v) is 4.35. The van der Waals surface area contributed by atoms with Gasteiger partial charge in [0.15, 0.2) is 6.29 Å². The first-order chi connectivity index (χ1) is 9.74. The Hall–Kier alpha value is -0.560. The molecule has 1 aliphatic heterocycles. The number of aryl methyl sites for hydroxylation is 1. The lowest BCUT2D eigenvalue weighted by molar-refractivity contribution is -0.131. The maximum atomic E-state index is 12.2. The lowest BCUT2D eigenvalue weighted by Crippen LogP contribution is -2.35. The van der Waals surface area contributed by atoms with Gasteiger partial charge in [-0.05, 0) is 37.7 Å². The molecule has 0 aliphatic carbocycles. The zero-order valence-corrected chi connectivity index (χ0v) is 13.6. The maximum absolute atomic E-state index is 12.2. The first kappa shape index (κ1) is 15.8. The minimum absolute atomic E-state index is 0.0289. The van der Waals surface area contributed by atoms with Crippen molar-refractivity contribution in [3.05, 3.63) is 21.4 Å². The summed E-state index contributed by atoms with van der Waals surface area (Å²) in [6.07, 6.45) is 0.720.